The number of nitro groups is 1. The number of furan rings is 1. The van der Waals surface area contributed by atoms with Gasteiger partial charge in [0.1, 0.15) is 18.1 Å². The molecule has 146 valence electrons. The van der Waals surface area contributed by atoms with E-state index in [9.17, 15) is 14.9 Å². The normalized spacial score (nSPS) is 15.2. The van der Waals surface area contributed by atoms with Gasteiger partial charge in [0.25, 0.3) is 11.6 Å². The van der Waals surface area contributed by atoms with Crippen molar-refractivity contribution in [3.8, 4) is 22.8 Å². The van der Waals surface area contributed by atoms with Gasteiger partial charge >= 0.3 is 0 Å². The average Bonchev–Trinajstić information content (AvgIpc) is 3.22. The Labute approximate surface area is 164 Å². The molecule has 2 aromatic carbocycles. The molecule has 2 heterocycles. The number of hydrogen-bond acceptors (Lipinski definition) is 7. The fraction of sp³-hybridized carbons (Fsp3) is 0.100. The van der Waals surface area contributed by atoms with Crippen LogP contribution in [0.5, 0.6) is 11.5 Å². The lowest BCUT2D eigenvalue weighted by Crippen LogP contribution is -2.42. The molecule has 1 aliphatic heterocycles. The Balaban J connectivity index is 1.40. The molecular weight excluding hydrogens is 378 g/mol. The Kier molecular flexibility index (Phi) is 4.93. The number of ether oxygens (including phenoxy) is 2. The fourth-order valence-electron chi connectivity index (χ4n) is 2.79. The first kappa shape index (κ1) is 18.2. The molecule has 0 fully saturated rings. The highest BCUT2D eigenvalue weighted by Gasteiger charge is 2.27. The zero-order valence-electron chi connectivity index (χ0n) is 15.0. The van der Waals surface area contributed by atoms with Gasteiger partial charge < -0.3 is 13.9 Å². The van der Waals surface area contributed by atoms with Crippen molar-refractivity contribution in [3.05, 3.63) is 76.5 Å². The molecule has 0 unspecified atom stereocenters. The van der Waals surface area contributed by atoms with E-state index in [-0.39, 0.29) is 12.3 Å². The molecule has 0 bridgehead atoms. The summed E-state index contributed by atoms with van der Waals surface area (Å²) in [6, 6.07) is 16.5. The third-order valence-electron chi connectivity index (χ3n) is 4.16. The van der Waals surface area contributed by atoms with Crippen LogP contribution >= 0.6 is 0 Å². The largest absolute Gasteiger partial charge is 0.485 e. The number of nitro benzene ring substituents is 1. The van der Waals surface area contributed by atoms with Crippen molar-refractivity contribution in [2.75, 3.05) is 6.61 Å². The summed E-state index contributed by atoms with van der Waals surface area (Å²) in [6.45, 7) is 0.0704. The predicted molar refractivity (Wildman–Crippen MR) is 103 cm³/mol. The molecule has 29 heavy (non-hydrogen) atoms. The Bertz CT molecular complexity index is 1090. The number of nitrogens with zero attached hydrogens (tertiary/aromatic N) is 2. The van der Waals surface area contributed by atoms with Crippen molar-refractivity contribution in [1.29, 1.82) is 0 Å². The zero-order chi connectivity index (χ0) is 20.2. The number of hydrazone groups is 1. The minimum atomic E-state index is -0.832. The second-order valence-electron chi connectivity index (χ2n) is 6.07. The lowest BCUT2D eigenvalue weighted by Gasteiger charge is -2.24. The SMILES string of the molecule is O=C(N/N=C/c1ccc(-c2ccccc2[N+](=O)[O-])o1)[C@@H]1COc2ccccc2O1. The Morgan fingerprint density at radius 3 is 2.69 bits per heavy atom. The molecule has 1 aliphatic rings. The standard InChI is InChI=1S/C20H15N3O6/c24-20(19-12-27-17-7-3-4-8-18(17)29-19)22-21-11-13-9-10-16(28-13)14-5-1-2-6-15(14)23(25)26/h1-11,19H,12H2,(H,22,24)/b21-11+/t19-/m0/s1. The van der Waals surface area contributed by atoms with Gasteiger partial charge in [-0.15, -0.1) is 0 Å². The fourth-order valence-corrected chi connectivity index (χ4v) is 2.79. The Morgan fingerprint density at radius 2 is 1.86 bits per heavy atom. The number of benzene rings is 2. The monoisotopic (exact) mass is 393 g/mol. The third-order valence-corrected chi connectivity index (χ3v) is 4.16. The molecule has 0 aliphatic carbocycles. The highest BCUT2D eigenvalue weighted by molar-refractivity contribution is 5.84. The van der Waals surface area contributed by atoms with E-state index in [1.807, 2.05) is 6.07 Å². The van der Waals surface area contributed by atoms with Crippen molar-refractivity contribution in [3.63, 3.8) is 0 Å². The summed E-state index contributed by atoms with van der Waals surface area (Å²) in [7, 11) is 0. The molecule has 1 aromatic heterocycles. The second-order valence-corrected chi connectivity index (χ2v) is 6.07. The van der Waals surface area contributed by atoms with Crippen LogP contribution in [-0.4, -0.2) is 29.8 Å². The summed E-state index contributed by atoms with van der Waals surface area (Å²) in [5, 5.41) is 15.0. The van der Waals surface area contributed by atoms with Crippen molar-refractivity contribution in [2.24, 2.45) is 5.10 Å². The van der Waals surface area contributed by atoms with Crippen LogP contribution in [0.4, 0.5) is 5.69 Å². The quantitative estimate of drug-likeness (QED) is 0.404. The Hall–Kier alpha value is -4.14. The molecular formula is C20H15N3O6. The first-order chi connectivity index (χ1) is 14.1. The highest BCUT2D eigenvalue weighted by Crippen LogP contribution is 2.31. The summed E-state index contributed by atoms with van der Waals surface area (Å²) in [4.78, 5) is 22.9. The van der Waals surface area contributed by atoms with Gasteiger partial charge in [-0.25, -0.2) is 5.43 Å². The molecule has 0 radical (unpaired) electrons. The van der Waals surface area contributed by atoms with E-state index >= 15 is 0 Å². The molecule has 0 saturated heterocycles. The first-order valence-electron chi connectivity index (χ1n) is 8.67. The van der Waals surface area contributed by atoms with E-state index in [0.717, 1.165) is 0 Å². The zero-order valence-corrected chi connectivity index (χ0v) is 15.0. The van der Waals surface area contributed by atoms with Crippen LogP contribution < -0.4 is 14.9 Å². The van der Waals surface area contributed by atoms with Crippen molar-refractivity contribution in [1.82, 2.24) is 5.43 Å². The molecule has 0 spiro atoms. The van der Waals surface area contributed by atoms with E-state index < -0.39 is 16.9 Å². The third kappa shape index (κ3) is 3.93. The summed E-state index contributed by atoms with van der Waals surface area (Å²) in [5.74, 6) is 1.25. The number of amides is 1. The summed E-state index contributed by atoms with van der Waals surface area (Å²) in [6.07, 6.45) is 0.467. The molecule has 1 N–H and O–H groups in total. The van der Waals surface area contributed by atoms with Crippen molar-refractivity contribution in [2.45, 2.75) is 6.10 Å². The van der Waals surface area contributed by atoms with Crippen LogP contribution in [0, 0.1) is 10.1 Å². The van der Waals surface area contributed by atoms with Gasteiger partial charge in [0, 0.05) is 6.07 Å². The van der Waals surface area contributed by atoms with Crippen LogP contribution in [0.3, 0.4) is 0 Å². The number of nitrogens with one attached hydrogen (secondary N) is 1. The summed E-state index contributed by atoms with van der Waals surface area (Å²) >= 11 is 0. The molecule has 4 rings (SSSR count). The summed E-state index contributed by atoms with van der Waals surface area (Å²) < 4.78 is 16.7. The number of hydrogen-bond donors (Lipinski definition) is 1. The van der Waals surface area contributed by atoms with Crippen molar-refractivity contribution < 1.29 is 23.6 Å². The lowest BCUT2D eigenvalue weighted by molar-refractivity contribution is -0.384. The van der Waals surface area contributed by atoms with Gasteiger partial charge in [-0.2, -0.15) is 5.10 Å². The van der Waals surface area contributed by atoms with Gasteiger partial charge in [0.15, 0.2) is 11.5 Å². The molecule has 0 saturated carbocycles. The van der Waals surface area contributed by atoms with Gasteiger partial charge in [0.2, 0.25) is 6.10 Å². The lowest BCUT2D eigenvalue weighted by atomic mass is 10.1. The van der Waals surface area contributed by atoms with Gasteiger partial charge in [-0.3, -0.25) is 14.9 Å². The predicted octanol–water partition coefficient (Wildman–Crippen LogP) is 3.14. The van der Waals surface area contributed by atoms with Crippen LogP contribution in [-0.2, 0) is 4.79 Å². The minimum absolute atomic E-state index is 0.0617. The molecule has 3 aromatic rings. The number of rotatable bonds is 5. The molecule has 1 amide bonds. The molecule has 9 heteroatoms. The van der Waals surface area contributed by atoms with E-state index in [4.69, 9.17) is 13.9 Å². The highest BCUT2D eigenvalue weighted by atomic mass is 16.6. The van der Waals surface area contributed by atoms with Gasteiger partial charge in [-0.05, 0) is 30.3 Å². The van der Waals surface area contributed by atoms with Crippen LogP contribution in [0.2, 0.25) is 0 Å². The topological polar surface area (TPSA) is 116 Å². The molecule has 9 nitrogen and oxygen atoms in total. The van der Waals surface area contributed by atoms with Crippen molar-refractivity contribution >= 4 is 17.8 Å². The number of para-hydroxylation sites is 3. The second kappa shape index (κ2) is 7.85. The minimum Gasteiger partial charge on any atom is -0.485 e. The van der Waals surface area contributed by atoms with E-state index in [0.29, 0.717) is 28.6 Å². The van der Waals surface area contributed by atoms with E-state index in [1.165, 1.54) is 12.3 Å². The van der Waals surface area contributed by atoms with Crippen LogP contribution in [0.1, 0.15) is 5.76 Å². The summed E-state index contributed by atoms with van der Waals surface area (Å²) in [5.41, 5.74) is 2.66. The Morgan fingerprint density at radius 1 is 1.10 bits per heavy atom. The number of carbonyl (C=O) groups excluding carboxylic acids is 1. The maximum atomic E-state index is 12.2. The first-order valence-corrected chi connectivity index (χ1v) is 8.67. The van der Waals surface area contributed by atoms with Crippen LogP contribution in [0.15, 0.2) is 70.2 Å². The number of fused-ring (bicyclic) bond motifs is 1. The van der Waals surface area contributed by atoms with E-state index in [2.05, 4.69) is 10.5 Å². The van der Waals surface area contributed by atoms with Crippen LogP contribution in [0.25, 0.3) is 11.3 Å². The van der Waals surface area contributed by atoms with E-state index in [1.54, 1.807) is 48.5 Å². The maximum absolute atomic E-state index is 12.2. The maximum Gasteiger partial charge on any atom is 0.284 e. The van der Waals surface area contributed by atoms with Gasteiger partial charge in [-0.1, -0.05) is 24.3 Å². The smallest absolute Gasteiger partial charge is 0.284 e. The number of carbonyl (C=O) groups is 1. The van der Waals surface area contributed by atoms with Gasteiger partial charge in [0.05, 0.1) is 16.7 Å². The molecule has 1 atom stereocenters. The average molecular weight is 393 g/mol.